The number of hydrazone groups is 1. The van der Waals surface area contributed by atoms with E-state index in [0.29, 0.717) is 17.2 Å². The van der Waals surface area contributed by atoms with Crippen molar-refractivity contribution in [2.45, 2.75) is 0 Å². The van der Waals surface area contributed by atoms with Crippen LogP contribution in [0.5, 0.6) is 17.2 Å². The number of hydrogen-bond acceptors (Lipinski definition) is 7. The van der Waals surface area contributed by atoms with Crippen LogP contribution in [0.4, 0.5) is 5.69 Å². The molecule has 1 N–H and O–H groups in total. The molecule has 0 bridgehead atoms. The summed E-state index contributed by atoms with van der Waals surface area (Å²) < 4.78 is 15.6. The van der Waals surface area contributed by atoms with E-state index in [-0.39, 0.29) is 16.8 Å². The second-order valence-electron chi connectivity index (χ2n) is 4.93. The number of nitrogens with zero attached hydrogens (tertiary/aromatic N) is 2. The summed E-state index contributed by atoms with van der Waals surface area (Å²) in [5, 5.41) is 14.7. The zero-order chi connectivity index (χ0) is 19.1. The minimum atomic E-state index is -0.543. The van der Waals surface area contributed by atoms with E-state index in [0.717, 1.165) is 0 Å². The summed E-state index contributed by atoms with van der Waals surface area (Å²) in [5.74, 6) is 0.452. The van der Waals surface area contributed by atoms with Crippen LogP contribution in [-0.4, -0.2) is 38.4 Å². The number of carbonyl (C=O) groups excluding carboxylic acids is 1. The number of nitro benzene ring substituents is 1. The molecule has 26 heavy (non-hydrogen) atoms. The highest BCUT2D eigenvalue weighted by molar-refractivity contribution is 5.96. The maximum absolute atomic E-state index is 12.3. The van der Waals surface area contributed by atoms with Gasteiger partial charge in [0.1, 0.15) is 0 Å². The highest BCUT2D eigenvalue weighted by Gasteiger charge is 2.17. The zero-order valence-corrected chi connectivity index (χ0v) is 14.4. The summed E-state index contributed by atoms with van der Waals surface area (Å²) in [6.07, 6.45) is 1.20. The Morgan fingerprint density at radius 2 is 1.73 bits per heavy atom. The fraction of sp³-hybridized carbons (Fsp3) is 0.176. The lowest BCUT2D eigenvalue weighted by Crippen LogP contribution is -2.18. The highest BCUT2D eigenvalue weighted by atomic mass is 16.6. The first-order valence-corrected chi connectivity index (χ1v) is 7.38. The predicted molar refractivity (Wildman–Crippen MR) is 94.3 cm³/mol. The lowest BCUT2D eigenvalue weighted by Gasteiger charge is -2.13. The Morgan fingerprint density at radius 3 is 2.27 bits per heavy atom. The second-order valence-corrected chi connectivity index (χ2v) is 4.93. The van der Waals surface area contributed by atoms with Crippen molar-refractivity contribution in [3.05, 3.63) is 57.6 Å². The van der Waals surface area contributed by atoms with Crippen molar-refractivity contribution < 1.29 is 23.9 Å². The largest absolute Gasteiger partial charge is 0.493 e. The number of rotatable bonds is 7. The molecule has 0 aromatic heterocycles. The van der Waals surface area contributed by atoms with Crippen molar-refractivity contribution in [1.29, 1.82) is 0 Å². The molecule has 2 aromatic rings. The van der Waals surface area contributed by atoms with Gasteiger partial charge in [-0.15, -0.1) is 0 Å². The number of benzene rings is 2. The minimum absolute atomic E-state index is 0.113. The molecular weight excluding hydrogens is 342 g/mol. The van der Waals surface area contributed by atoms with E-state index in [9.17, 15) is 14.9 Å². The number of hydrogen-bond donors (Lipinski definition) is 1. The van der Waals surface area contributed by atoms with Crippen molar-refractivity contribution >= 4 is 17.8 Å². The molecule has 136 valence electrons. The van der Waals surface area contributed by atoms with Gasteiger partial charge in [0.25, 0.3) is 11.6 Å². The normalized spacial score (nSPS) is 10.4. The van der Waals surface area contributed by atoms with Gasteiger partial charge in [0.15, 0.2) is 11.5 Å². The summed E-state index contributed by atoms with van der Waals surface area (Å²) >= 11 is 0. The molecule has 9 heteroatoms. The molecule has 0 saturated heterocycles. The van der Waals surface area contributed by atoms with Crippen molar-refractivity contribution in [2.75, 3.05) is 21.3 Å². The summed E-state index contributed by atoms with van der Waals surface area (Å²) in [7, 11) is 4.33. The van der Waals surface area contributed by atoms with Crippen molar-refractivity contribution in [2.24, 2.45) is 5.10 Å². The Kier molecular flexibility index (Phi) is 6.10. The predicted octanol–water partition coefficient (Wildman–Crippen LogP) is 2.38. The minimum Gasteiger partial charge on any atom is -0.493 e. The summed E-state index contributed by atoms with van der Waals surface area (Å²) in [6.45, 7) is 0. The molecular formula is C17H17N3O6. The van der Waals surface area contributed by atoms with Gasteiger partial charge >= 0.3 is 0 Å². The van der Waals surface area contributed by atoms with Crippen LogP contribution >= 0.6 is 0 Å². The van der Waals surface area contributed by atoms with Crippen LogP contribution in [0.2, 0.25) is 0 Å². The van der Waals surface area contributed by atoms with Gasteiger partial charge < -0.3 is 14.2 Å². The van der Waals surface area contributed by atoms with Gasteiger partial charge in [-0.1, -0.05) is 12.1 Å². The summed E-state index contributed by atoms with van der Waals surface area (Å²) in [6, 6.07) is 8.99. The van der Waals surface area contributed by atoms with Gasteiger partial charge in [0.05, 0.1) is 38.0 Å². The van der Waals surface area contributed by atoms with Crippen LogP contribution in [0.1, 0.15) is 15.9 Å². The smallest absolute Gasteiger partial charge is 0.278 e. The van der Waals surface area contributed by atoms with Gasteiger partial charge in [0, 0.05) is 11.6 Å². The molecule has 0 fully saturated rings. The van der Waals surface area contributed by atoms with Gasteiger partial charge in [0.2, 0.25) is 5.75 Å². The first-order chi connectivity index (χ1) is 12.5. The molecule has 0 saturated carbocycles. The number of carbonyl (C=O) groups is 1. The lowest BCUT2D eigenvalue weighted by atomic mass is 10.1. The molecule has 0 radical (unpaired) electrons. The Balaban J connectivity index is 2.22. The molecule has 0 unspecified atom stereocenters. The number of para-hydroxylation sites is 1. The third-order valence-corrected chi connectivity index (χ3v) is 3.43. The van der Waals surface area contributed by atoms with E-state index in [1.54, 1.807) is 12.1 Å². The van der Waals surface area contributed by atoms with E-state index in [1.807, 2.05) is 0 Å². The molecule has 0 spiro atoms. The third-order valence-electron chi connectivity index (χ3n) is 3.43. The van der Waals surface area contributed by atoms with Gasteiger partial charge in [-0.2, -0.15) is 5.10 Å². The van der Waals surface area contributed by atoms with Crippen LogP contribution in [0.3, 0.4) is 0 Å². The number of nitrogens with one attached hydrogen (secondary N) is 1. The fourth-order valence-corrected chi connectivity index (χ4v) is 2.20. The van der Waals surface area contributed by atoms with Gasteiger partial charge in [-0.25, -0.2) is 5.43 Å². The van der Waals surface area contributed by atoms with Gasteiger partial charge in [-0.05, 0) is 18.2 Å². The van der Waals surface area contributed by atoms with Crippen molar-refractivity contribution in [1.82, 2.24) is 5.43 Å². The monoisotopic (exact) mass is 359 g/mol. The average Bonchev–Trinajstić information content (AvgIpc) is 2.66. The first kappa shape index (κ1) is 18.7. The topological polar surface area (TPSA) is 112 Å². The van der Waals surface area contributed by atoms with Gasteiger partial charge in [-0.3, -0.25) is 14.9 Å². The molecule has 0 aliphatic carbocycles. The number of nitro groups is 1. The molecule has 0 aliphatic rings. The SMILES string of the molecule is COc1cc(C(=O)N/N=C\c2ccccc2[N+](=O)[O-])cc(OC)c1OC. The Bertz CT molecular complexity index is 825. The molecule has 2 rings (SSSR count). The van der Waals surface area contributed by atoms with Crippen molar-refractivity contribution in [3.63, 3.8) is 0 Å². The van der Waals surface area contributed by atoms with Crippen molar-refractivity contribution in [3.8, 4) is 17.2 Å². The number of amides is 1. The maximum Gasteiger partial charge on any atom is 0.278 e. The zero-order valence-electron chi connectivity index (χ0n) is 14.4. The fourth-order valence-electron chi connectivity index (χ4n) is 2.20. The van der Waals surface area contributed by atoms with E-state index in [1.165, 1.54) is 51.8 Å². The van der Waals surface area contributed by atoms with Crippen LogP contribution in [0.25, 0.3) is 0 Å². The van der Waals surface area contributed by atoms with Crippen LogP contribution < -0.4 is 19.6 Å². The molecule has 1 amide bonds. The molecule has 0 aliphatic heterocycles. The Hall–Kier alpha value is -3.62. The second kappa shape index (κ2) is 8.47. The molecule has 2 aromatic carbocycles. The molecule has 0 atom stereocenters. The highest BCUT2D eigenvalue weighted by Crippen LogP contribution is 2.38. The standard InChI is InChI=1S/C17H17N3O6/c1-24-14-8-12(9-15(25-2)16(14)26-3)17(21)19-18-10-11-6-4-5-7-13(11)20(22)23/h4-10H,1-3H3,(H,19,21)/b18-10-. The van der Waals surface area contributed by atoms with E-state index < -0.39 is 10.8 Å². The average molecular weight is 359 g/mol. The third kappa shape index (κ3) is 4.07. The summed E-state index contributed by atoms with van der Waals surface area (Å²) in [4.78, 5) is 22.7. The quantitative estimate of drug-likeness (QED) is 0.461. The molecule has 9 nitrogen and oxygen atoms in total. The number of methoxy groups -OCH3 is 3. The van der Waals surface area contributed by atoms with E-state index >= 15 is 0 Å². The summed E-state index contributed by atoms with van der Waals surface area (Å²) in [5.41, 5.74) is 2.68. The van der Waals surface area contributed by atoms with Crippen LogP contribution in [-0.2, 0) is 0 Å². The van der Waals surface area contributed by atoms with E-state index in [2.05, 4.69) is 10.5 Å². The van der Waals surface area contributed by atoms with Crippen LogP contribution in [0, 0.1) is 10.1 Å². The molecule has 0 heterocycles. The Morgan fingerprint density at radius 1 is 1.12 bits per heavy atom. The lowest BCUT2D eigenvalue weighted by molar-refractivity contribution is -0.385. The van der Waals surface area contributed by atoms with E-state index in [4.69, 9.17) is 14.2 Å². The van der Waals surface area contributed by atoms with Crippen LogP contribution in [0.15, 0.2) is 41.5 Å². The number of ether oxygens (including phenoxy) is 3. The Labute approximate surface area is 149 Å². The first-order valence-electron chi connectivity index (χ1n) is 7.38. The maximum atomic E-state index is 12.3.